The molecule has 2 nitrogen and oxygen atoms in total. The summed E-state index contributed by atoms with van der Waals surface area (Å²) >= 11 is 0. The summed E-state index contributed by atoms with van der Waals surface area (Å²) in [5.74, 6) is 0. The Labute approximate surface area is 300 Å². The molecule has 12 rings (SSSR count). The van der Waals surface area contributed by atoms with Crippen LogP contribution in [-0.4, -0.2) is 9.13 Å². The molecule has 0 atom stereocenters. The predicted molar refractivity (Wildman–Crippen MR) is 220 cm³/mol. The van der Waals surface area contributed by atoms with E-state index in [9.17, 15) is 0 Å². The molecule has 0 amide bonds. The molecular formula is C50H30N2. The van der Waals surface area contributed by atoms with Gasteiger partial charge in [0.1, 0.15) is 0 Å². The van der Waals surface area contributed by atoms with Crippen LogP contribution in [0.4, 0.5) is 0 Å². The van der Waals surface area contributed by atoms with Gasteiger partial charge < -0.3 is 9.13 Å². The second kappa shape index (κ2) is 10.3. The van der Waals surface area contributed by atoms with Crippen LogP contribution in [0.3, 0.4) is 0 Å². The van der Waals surface area contributed by atoms with Gasteiger partial charge in [0.15, 0.2) is 0 Å². The fraction of sp³-hybridized carbons (Fsp3) is 0. The van der Waals surface area contributed by atoms with E-state index >= 15 is 0 Å². The summed E-state index contributed by atoms with van der Waals surface area (Å²) in [4.78, 5) is 0. The number of benzene rings is 9. The standard InChI is InChI=1S/C50H30N2/c1-2-14-31(15-3-1)32-16-12-17-33(30-32)51-43-26-10-8-22-41(43)47-37-20-6-7-21-39(37)49-48(50(47)51)42-23-9-11-27-44(42)52(49)45-29-28-38-35-19-5-4-18-34(35)36-24-13-25-40(45)46(36)38/h1-30H. The molecule has 0 bridgehead atoms. The number of nitrogens with zero attached hydrogens (tertiary/aromatic N) is 2. The van der Waals surface area contributed by atoms with Crippen LogP contribution in [0.1, 0.15) is 0 Å². The average Bonchev–Trinajstić information content (AvgIpc) is 3.86. The van der Waals surface area contributed by atoms with Gasteiger partial charge >= 0.3 is 0 Å². The SMILES string of the molecule is c1ccc(-c2cccc(-n3c4ccccc4c4c5ccccc5c5c(c6ccccc6n5-c5ccc6c7c(cccc57)-c5ccccc5-6)c43)c2)cc1. The maximum absolute atomic E-state index is 2.56. The molecular weight excluding hydrogens is 629 g/mol. The second-order valence-corrected chi connectivity index (χ2v) is 14.0. The van der Waals surface area contributed by atoms with E-state index in [0.29, 0.717) is 0 Å². The lowest BCUT2D eigenvalue weighted by Crippen LogP contribution is -1.98. The summed E-state index contributed by atoms with van der Waals surface area (Å²) < 4.78 is 5.08. The first-order chi connectivity index (χ1) is 25.8. The van der Waals surface area contributed by atoms with Crippen molar-refractivity contribution in [3.8, 4) is 44.8 Å². The highest BCUT2D eigenvalue weighted by Gasteiger charge is 2.27. The van der Waals surface area contributed by atoms with Crippen LogP contribution in [-0.2, 0) is 0 Å². The van der Waals surface area contributed by atoms with Crippen molar-refractivity contribution in [1.82, 2.24) is 9.13 Å². The van der Waals surface area contributed by atoms with Gasteiger partial charge in [-0.15, -0.1) is 0 Å². The van der Waals surface area contributed by atoms with Gasteiger partial charge in [0, 0.05) is 38.0 Å². The minimum atomic E-state index is 1.16. The van der Waals surface area contributed by atoms with E-state index in [1.54, 1.807) is 0 Å². The molecule has 0 fully saturated rings. The Balaban J connectivity index is 1.29. The quantitative estimate of drug-likeness (QED) is 0.179. The predicted octanol–water partition coefficient (Wildman–Crippen LogP) is 13.5. The highest BCUT2D eigenvalue weighted by Crippen LogP contribution is 2.51. The summed E-state index contributed by atoms with van der Waals surface area (Å²) in [6.07, 6.45) is 0. The zero-order valence-corrected chi connectivity index (χ0v) is 28.2. The number of para-hydroxylation sites is 2. The lowest BCUT2D eigenvalue weighted by molar-refractivity contribution is 1.18. The van der Waals surface area contributed by atoms with E-state index in [2.05, 4.69) is 191 Å². The van der Waals surface area contributed by atoms with E-state index in [-0.39, 0.29) is 0 Å². The summed E-state index contributed by atoms with van der Waals surface area (Å²) in [5.41, 5.74) is 15.0. The zero-order chi connectivity index (χ0) is 33.9. The highest BCUT2D eigenvalue weighted by molar-refractivity contribution is 6.37. The molecule has 0 saturated heterocycles. The fourth-order valence-electron chi connectivity index (χ4n) is 9.35. The Kier molecular flexibility index (Phi) is 5.53. The second-order valence-electron chi connectivity index (χ2n) is 14.0. The molecule has 2 heteroatoms. The highest BCUT2D eigenvalue weighted by atomic mass is 15.0. The smallest absolute Gasteiger partial charge is 0.0647 e. The summed E-state index contributed by atoms with van der Waals surface area (Å²) in [6, 6.07) is 67.1. The average molecular weight is 659 g/mol. The number of hydrogen-bond donors (Lipinski definition) is 0. The van der Waals surface area contributed by atoms with Gasteiger partial charge in [-0.2, -0.15) is 0 Å². The molecule has 2 heterocycles. The lowest BCUT2D eigenvalue weighted by Gasteiger charge is -2.15. The number of rotatable bonds is 3. The van der Waals surface area contributed by atoms with Gasteiger partial charge in [0.05, 0.1) is 27.8 Å². The van der Waals surface area contributed by atoms with Crippen molar-refractivity contribution in [3.63, 3.8) is 0 Å². The molecule has 0 spiro atoms. The van der Waals surface area contributed by atoms with E-state index in [0.717, 1.165) is 5.69 Å². The zero-order valence-electron chi connectivity index (χ0n) is 28.2. The van der Waals surface area contributed by atoms with E-state index < -0.39 is 0 Å². The van der Waals surface area contributed by atoms with Gasteiger partial charge in [-0.1, -0.05) is 152 Å². The Morgan fingerprint density at radius 2 is 0.846 bits per heavy atom. The fourth-order valence-corrected chi connectivity index (χ4v) is 9.35. The normalized spacial score (nSPS) is 12.2. The van der Waals surface area contributed by atoms with Gasteiger partial charge in [0.25, 0.3) is 0 Å². The van der Waals surface area contributed by atoms with Crippen LogP contribution in [0, 0.1) is 0 Å². The minimum Gasteiger partial charge on any atom is -0.308 e. The van der Waals surface area contributed by atoms with Crippen LogP contribution in [0.25, 0.3) is 110 Å². The van der Waals surface area contributed by atoms with Crippen molar-refractivity contribution in [3.05, 3.63) is 182 Å². The largest absolute Gasteiger partial charge is 0.308 e. The minimum absolute atomic E-state index is 1.16. The molecule has 11 aromatic rings. The van der Waals surface area contributed by atoms with Crippen LogP contribution in [0.15, 0.2) is 182 Å². The van der Waals surface area contributed by atoms with Gasteiger partial charge in [0.2, 0.25) is 0 Å². The molecule has 52 heavy (non-hydrogen) atoms. The Morgan fingerprint density at radius 3 is 1.63 bits per heavy atom. The van der Waals surface area contributed by atoms with Crippen molar-refractivity contribution < 1.29 is 0 Å². The van der Waals surface area contributed by atoms with Gasteiger partial charge in [-0.05, 0) is 74.5 Å². The van der Waals surface area contributed by atoms with Crippen LogP contribution < -0.4 is 0 Å². The number of aromatic nitrogens is 2. The molecule has 9 aromatic carbocycles. The monoisotopic (exact) mass is 658 g/mol. The molecule has 0 unspecified atom stereocenters. The number of fused-ring (bicyclic) bond motifs is 13. The van der Waals surface area contributed by atoms with Crippen LogP contribution >= 0.6 is 0 Å². The summed E-state index contributed by atoms with van der Waals surface area (Å²) in [6.45, 7) is 0. The van der Waals surface area contributed by atoms with E-state index in [1.165, 1.54) is 104 Å². The van der Waals surface area contributed by atoms with Crippen molar-refractivity contribution in [1.29, 1.82) is 0 Å². The molecule has 240 valence electrons. The molecule has 2 aromatic heterocycles. The van der Waals surface area contributed by atoms with Crippen LogP contribution in [0.2, 0.25) is 0 Å². The third-order valence-corrected chi connectivity index (χ3v) is 11.4. The molecule has 0 saturated carbocycles. The first-order valence-corrected chi connectivity index (χ1v) is 18.0. The molecule has 1 aliphatic carbocycles. The lowest BCUT2D eigenvalue weighted by atomic mass is 9.98. The number of hydrogen-bond acceptors (Lipinski definition) is 0. The molecule has 1 aliphatic rings. The van der Waals surface area contributed by atoms with E-state index in [4.69, 9.17) is 0 Å². The van der Waals surface area contributed by atoms with Crippen molar-refractivity contribution in [2.24, 2.45) is 0 Å². The Hall–Kier alpha value is -6.90. The van der Waals surface area contributed by atoms with Gasteiger partial charge in [-0.3, -0.25) is 0 Å². The van der Waals surface area contributed by atoms with E-state index in [1.807, 2.05) is 0 Å². The maximum Gasteiger partial charge on any atom is 0.0647 e. The topological polar surface area (TPSA) is 9.86 Å². The third kappa shape index (κ3) is 3.58. The third-order valence-electron chi connectivity index (χ3n) is 11.4. The first kappa shape index (κ1) is 27.9. The summed E-state index contributed by atoms with van der Waals surface area (Å²) in [5, 5.41) is 10.2. The van der Waals surface area contributed by atoms with Crippen LogP contribution in [0.5, 0.6) is 0 Å². The van der Waals surface area contributed by atoms with Crippen molar-refractivity contribution in [2.75, 3.05) is 0 Å². The summed E-state index contributed by atoms with van der Waals surface area (Å²) in [7, 11) is 0. The van der Waals surface area contributed by atoms with Gasteiger partial charge in [-0.25, -0.2) is 0 Å². The Bertz CT molecular complexity index is 3260. The van der Waals surface area contributed by atoms with Crippen molar-refractivity contribution >= 4 is 65.2 Å². The molecule has 0 radical (unpaired) electrons. The first-order valence-electron chi connectivity index (χ1n) is 18.0. The molecule has 0 aliphatic heterocycles. The van der Waals surface area contributed by atoms with Crippen molar-refractivity contribution in [2.45, 2.75) is 0 Å². The maximum atomic E-state index is 2.56. The molecule has 0 N–H and O–H groups in total. The Morgan fingerprint density at radius 1 is 0.288 bits per heavy atom.